The van der Waals surface area contributed by atoms with Gasteiger partial charge in [-0.3, -0.25) is 9.59 Å². The van der Waals surface area contributed by atoms with Gasteiger partial charge in [0, 0.05) is 23.0 Å². The molecule has 5 nitrogen and oxygen atoms in total. The van der Waals surface area contributed by atoms with Gasteiger partial charge in [0.25, 0.3) is 11.8 Å². The van der Waals surface area contributed by atoms with Crippen LogP contribution in [-0.4, -0.2) is 34.8 Å². The molecule has 1 aromatic heterocycles. The first-order chi connectivity index (χ1) is 13.9. The van der Waals surface area contributed by atoms with E-state index in [1.165, 1.54) is 6.07 Å². The van der Waals surface area contributed by atoms with Gasteiger partial charge in [0.1, 0.15) is 5.69 Å². The molecule has 0 aliphatic carbocycles. The van der Waals surface area contributed by atoms with E-state index in [1.54, 1.807) is 24.8 Å². The van der Waals surface area contributed by atoms with Gasteiger partial charge in [-0.2, -0.15) is 24.9 Å². The van der Waals surface area contributed by atoms with Gasteiger partial charge in [-0.15, -0.1) is 0 Å². The third-order valence-electron chi connectivity index (χ3n) is 3.96. The summed E-state index contributed by atoms with van der Waals surface area (Å²) in [6.07, 6.45) is -2.22. The zero-order valence-corrected chi connectivity index (χ0v) is 18.5. The van der Waals surface area contributed by atoms with Gasteiger partial charge >= 0.3 is 6.18 Å². The molecule has 2 aromatic rings. The highest BCUT2D eigenvalue weighted by Gasteiger charge is 2.32. The molecule has 1 aromatic carbocycles. The molecule has 0 fully saturated rings. The van der Waals surface area contributed by atoms with Crippen LogP contribution >= 0.6 is 35.0 Å². The predicted molar refractivity (Wildman–Crippen MR) is 114 cm³/mol. The normalized spacial score (nSPS) is 12.4. The van der Waals surface area contributed by atoms with Crippen LogP contribution in [0.2, 0.25) is 10.0 Å². The molecule has 0 saturated heterocycles. The number of halogens is 5. The first kappa shape index (κ1) is 24.3. The molecular formula is C19H18Cl2F3N3O2S. The molecule has 2 amide bonds. The maximum Gasteiger partial charge on any atom is 0.417 e. The molecule has 0 aliphatic heterocycles. The van der Waals surface area contributed by atoms with E-state index >= 15 is 0 Å². The van der Waals surface area contributed by atoms with Gasteiger partial charge in [0.05, 0.1) is 21.8 Å². The number of rotatable bonds is 6. The average Bonchev–Trinajstić information content (AvgIpc) is 2.62. The molecule has 0 unspecified atom stereocenters. The topological polar surface area (TPSA) is 71.1 Å². The fourth-order valence-corrected chi connectivity index (χ4v) is 3.72. The molecule has 0 saturated carbocycles. The number of pyridine rings is 1. The van der Waals surface area contributed by atoms with Crippen LogP contribution < -0.4 is 10.6 Å². The third-order valence-corrected chi connectivity index (χ3v) is 5.30. The summed E-state index contributed by atoms with van der Waals surface area (Å²) in [5.74, 6) is -0.632. The zero-order valence-electron chi connectivity index (χ0n) is 16.2. The van der Waals surface area contributed by atoms with Crippen molar-refractivity contribution in [3.05, 3.63) is 56.8 Å². The molecule has 2 N–H and O–H groups in total. The lowest BCUT2D eigenvalue weighted by molar-refractivity contribution is -0.137. The van der Waals surface area contributed by atoms with Crippen molar-refractivity contribution in [2.75, 3.05) is 17.3 Å². The van der Waals surface area contributed by atoms with Crippen LogP contribution in [-0.2, 0) is 6.18 Å². The smallest absolute Gasteiger partial charge is 0.349 e. The number of alkyl halides is 3. The Hall–Kier alpha value is -1.97. The monoisotopic (exact) mass is 479 g/mol. The highest BCUT2D eigenvalue weighted by atomic mass is 35.5. The van der Waals surface area contributed by atoms with Gasteiger partial charge in [0.15, 0.2) is 0 Å². The molecule has 162 valence electrons. The van der Waals surface area contributed by atoms with Gasteiger partial charge in [-0.25, -0.2) is 4.98 Å². The number of benzene rings is 1. The highest BCUT2D eigenvalue weighted by Crippen LogP contribution is 2.32. The second-order valence-electron chi connectivity index (χ2n) is 6.48. The molecule has 0 aliphatic rings. The standard InChI is InChI=1S/C19H18Cl2F3N3O2S/c1-9-4-12(20)6-13(17(28)26-10(2)8-30-3)15(9)27-18(29)16-14(21)5-11(7-25-16)19(22,23)24/h4-7,10H,8H2,1-3H3,(H,26,28)(H,27,29)/t10-/m1/s1. The summed E-state index contributed by atoms with van der Waals surface area (Å²) in [6, 6.07) is 3.42. The van der Waals surface area contributed by atoms with Crippen molar-refractivity contribution < 1.29 is 22.8 Å². The van der Waals surface area contributed by atoms with Crippen molar-refractivity contribution >= 4 is 52.5 Å². The maximum absolute atomic E-state index is 12.8. The van der Waals surface area contributed by atoms with E-state index in [9.17, 15) is 22.8 Å². The number of carbonyl (C=O) groups excluding carboxylic acids is 2. The summed E-state index contributed by atoms with van der Waals surface area (Å²) in [5.41, 5.74) is -0.711. The lowest BCUT2D eigenvalue weighted by Crippen LogP contribution is -2.35. The fraction of sp³-hybridized carbons (Fsp3) is 0.316. The molecule has 2 rings (SSSR count). The van der Waals surface area contributed by atoms with Crippen LogP contribution in [0.4, 0.5) is 18.9 Å². The Morgan fingerprint density at radius 1 is 1.20 bits per heavy atom. The Kier molecular flexibility index (Phi) is 8.01. The van der Waals surface area contributed by atoms with Crippen LogP contribution in [0.25, 0.3) is 0 Å². The van der Waals surface area contributed by atoms with Crippen LogP contribution in [0.3, 0.4) is 0 Å². The van der Waals surface area contributed by atoms with Crippen LogP contribution in [0, 0.1) is 6.92 Å². The first-order valence-electron chi connectivity index (χ1n) is 8.58. The number of nitrogens with one attached hydrogen (secondary N) is 2. The quantitative estimate of drug-likeness (QED) is 0.577. The largest absolute Gasteiger partial charge is 0.417 e. The average molecular weight is 480 g/mol. The molecule has 0 bridgehead atoms. The fourth-order valence-electron chi connectivity index (χ4n) is 2.61. The number of carbonyl (C=O) groups is 2. The number of hydrogen-bond acceptors (Lipinski definition) is 4. The Morgan fingerprint density at radius 2 is 1.87 bits per heavy atom. The summed E-state index contributed by atoms with van der Waals surface area (Å²) in [7, 11) is 0. The number of hydrogen-bond donors (Lipinski definition) is 2. The lowest BCUT2D eigenvalue weighted by atomic mass is 10.1. The van der Waals surface area contributed by atoms with E-state index in [0.717, 1.165) is 0 Å². The molecular weight excluding hydrogens is 462 g/mol. The summed E-state index contributed by atoms with van der Waals surface area (Å²) < 4.78 is 38.3. The zero-order chi connectivity index (χ0) is 22.6. The number of aromatic nitrogens is 1. The van der Waals surface area contributed by atoms with E-state index < -0.39 is 34.3 Å². The number of nitrogens with zero attached hydrogens (tertiary/aromatic N) is 1. The van der Waals surface area contributed by atoms with Crippen molar-refractivity contribution in [2.24, 2.45) is 0 Å². The molecule has 11 heteroatoms. The molecule has 0 radical (unpaired) electrons. The van der Waals surface area contributed by atoms with E-state index in [0.29, 0.717) is 28.6 Å². The van der Waals surface area contributed by atoms with Crippen molar-refractivity contribution in [2.45, 2.75) is 26.1 Å². The van der Waals surface area contributed by atoms with Crippen LogP contribution in [0.1, 0.15) is 38.9 Å². The molecule has 0 spiro atoms. The Morgan fingerprint density at radius 3 is 2.43 bits per heavy atom. The summed E-state index contributed by atoms with van der Waals surface area (Å²) >= 11 is 13.5. The third kappa shape index (κ3) is 6.02. The number of amides is 2. The molecule has 1 atom stereocenters. The summed E-state index contributed by atoms with van der Waals surface area (Å²) in [5, 5.41) is 5.15. The predicted octanol–water partition coefficient (Wildman–Crippen LogP) is 5.45. The van der Waals surface area contributed by atoms with Gasteiger partial charge in [0.2, 0.25) is 0 Å². The SMILES string of the molecule is CSC[C@@H](C)NC(=O)c1cc(Cl)cc(C)c1NC(=O)c1ncc(C(F)(F)F)cc1Cl. The Bertz CT molecular complexity index is 971. The van der Waals surface area contributed by atoms with E-state index in [1.807, 2.05) is 13.2 Å². The minimum atomic E-state index is -4.64. The minimum absolute atomic E-state index is 0.115. The number of thioether (sulfide) groups is 1. The molecule has 30 heavy (non-hydrogen) atoms. The molecule has 1 heterocycles. The van der Waals surface area contributed by atoms with Crippen LogP contribution in [0.5, 0.6) is 0 Å². The van der Waals surface area contributed by atoms with Crippen LogP contribution in [0.15, 0.2) is 24.4 Å². The van der Waals surface area contributed by atoms with E-state index in [-0.39, 0.29) is 17.3 Å². The Balaban J connectivity index is 2.36. The summed E-state index contributed by atoms with van der Waals surface area (Å²) in [6.45, 7) is 3.46. The second kappa shape index (κ2) is 9.89. The van der Waals surface area contributed by atoms with Crippen molar-refractivity contribution in [3.63, 3.8) is 0 Å². The Labute approximate surface area is 185 Å². The van der Waals surface area contributed by atoms with Crippen molar-refractivity contribution in [1.29, 1.82) is 0 Å². The van der Waals surface area contributed by atoms with Gasteiger partial charge < -0.3 is 10.6 Å². The second-order valence-corrected chi connectivity index (χ2v) is 8.24. The van der Waals surface area contributed by atoms with E-state index in [4.69, 9.17) is 23.2 Å². The maximum atomic E-state index is 12.8. The summed E-state index contributed by atoms with van der Waals surface area (Å²) in [4.78, 5) is 28.9. The van der Waals surface area contributed by atoms with E-state index in [2.05, 4.69) is 15.6 Å². The van der Waals surface area contributed by atoms with Gasteiger partial charge in [-0.05, 0) is 43.9 Å². The van der Waals surface area contributed by atoms with Crippen molar-refractivity contribution in [3.8, 4) is 0 Å². The first-order valence-corrected chi connectivity index (χ1v) is 10.7. The minimum Gasteiger partial charge on any atom is -0.349 e. The van der Waals surface area contributed by atoms with Crippen molar-refractivity contribution in [1.82, 2.24) is 10.3 Å². The highest BCUT2D eigenvalue weighted by molar-refractivity contribution is 7.98. The van der Waals surface area contributed by atoms with Gasteiger partial charge in [-0.1, -0.05) is 23.2 Å². The number of anilines is 1. The number of aryl methyl sites for hydroxylation is 1. The lowest BCUT2D eigenvalue weighted by Gasteiger charge is -2.17.